The zero-order valence-electron chi connectivity index (χ0n) is 7.81. The third kappa shape index (κ3) is 5.92. The van der Waals surface area contributed by atoms with E-state index in [9.17, 15) is 0 Å². The first-order valence-corrected chi connectivity index (χ1v) is 4.27. The molecule has 2 nitrogen and oxygen atoms in total. The van der Waals surface area contributed by atoms with Crippen molar-refractivity contribution in [2.45, 2.75) is 26.7 Å². The zero-order chi connectivity index (χ0) is 8.53. The summed E-state index contributed by atoms with van der Waals surface area (Å²) in [6.07, 6.45) is 4.24. The predicted molar refractivity (Wildman–Crippen MR) is 48.5 cm³/mol. The molecule has 66 valence electrons. The van der Waals surface area contributed by atoms with E-state index in [2.05, 4.69) is 5.32 Å². The molecule has 0 saturated heterocycles. The Morgan fingerprint density at radius 2 is 2.27 bits per heavy atom. The van der Waals surface area contributed by atoms with E-state index in [1.54, 1.807) is 0 Å². The van der Waals surface area contributed by atoms with E-state index in [4.69, 9.17) is 4.74 Å². The predicted octanol–water partition coefficient (Wildman–Crippen LogP) is 1.93. The zero-order valence-corrected chi connectivity index (χ0v) is 7.81. The summed E-state index contributed by atoms with van der Waals surface area (Å²) in [5.74, 6) is 1.11. The summed E-state index contributed by atoms with van der Waals surface area (Å²) in [5.41, 5.74) is 0. The van der Waals surface area contributed by atoms with Crippen LogP contribution in [0.3, 0.4) is 0 Å². The van der Waals surface area contributed by atoms with Crippen molar-refractivity contribution in [1.29, 1.82) is 0 Å². The number of hydrogen-bond donors (Lipinski definition) is 1. The fraction of sp³-hybridized carbons (Fsp3) is 0.778. The fourth-order valence-corrected chi connectivity index (χ4v) is 0.925. The number of ether oxygens (including phenoxy) is 1. The van der Waals surface area contributed by atoms with Gasteiger partial charge in [-0.25, -0.2) is 0 Å². The van der Waals surface area contributed by atoms with E-state index >= 15 is 0 Å². The lowest BCUT2D eigenvalue weighted by Crippen LogP contribution is -2.07. The SMILES string of the molecule is C/C=C(/CCCNC)OCC. The third-order valence-corrected chi connectivity index (χ3v) is 1.50. The van der Waals surface area contributed by atoms with Gasteiger partial charge in [0.2, 0.25) is 0 Å². The molecule has 0 spiro atoms. The van der Waals surface area contributed by atoms with Crippen molar-refractivity contribution in [2.24, 2.45) is 0 Å². The lowest BCUT2D eigenvalue weighted by Gasteiger charge is -2.06. The van der Waals surface area contributed by atoms with Gasteiger partial charge in [-0.2, -0.15) is 0 Å². The van der Waals surface area contributed by atoms with Crippen molar-refractivity contribution in [3.05, 3.63) is 11.8 Å². The van der Waals surface area contributed by atoms with Crippen LogP contribution in [0.4, 0.5) is 0 Å². The van der Waals surface area contributed by atoms with Crippen LogP contribution >= 0.6 is 0 Å². The molecule has 0 aliphatic carbocycles. The van der Waals surface area contributed by atoms with Gasteiger partial charge in [-0.3, -0.25) is 0 Å². The van der Waals surface area contributed by atoms with Crippen LogP contribution in [0.1, 0.15) is 26.7 Å². The molecule has 0 fully saturated rings. The largest absolute Gasteiger partial charge is 0.499 e. The average molecular weight is 157 g/mol. The van der Waals surface area contributed by atoms with E-state index in [1.165, 1.54) is 0 Å². The van der Waals surface area contributed by atoms with Gasteiger partial charge in [0.1, 0.15) is 0 Å². The van der Waals surface area contributed by atoms with Crippen molar-refractivity contribution in [2.75, 3.05) is 20.2 Å². The molecule has 1 N–H and O–H groups in total. The normalized spacial score (nSPS) is 11.7. The third-order valence-electron chi connectivity index (χ3n) is 1.50. The molecule has 0 aliphatic heterocycles. The van der Waals surface area contributed by atoms with Gasteiger partial charge in [0, 0.05) is 6.42 Å². The van der Waals surface area contributed by atoms with E-state index in [0.29, 0.717) is 0 Å². The van der Waals surface area contributed by atoms with Crippen LogP contribution in [0, 0.1) is 0 Å². The second-order valence-electron chi connectivity index (χ2n) is 2.40. The number of nitrogens with one attached hydrogen (secondary N) is 1. The maximum absolute atomic E-state index is 5.37. The van der Waals surface area contributed by atoms with Gasteiger partial charge < -0.3 is 10.1 Å². The Bertz CT molecular complexity index is 110. The molecule has 0 radical (unpaired) electrons. The molecule has 0 aromatic heterocycles. The van der Waals surface area contributed by atoms with E-state index < -0.39 is 0 Å². The topological polar surface area (TPSA) is 21.3 Å². The number of rotatable bonds is 6. The van der Waals surface area contributed by atoms with Gasteiger partial charge in [-0.05, 0) is 39.9 Å². The summed E-state index contributed by atoms with van der Waals surface area (Å²) in [7, 11) is 1.97. The summed E-state index contributed by atoms with van der Waals surface area (Å²) in [6.45, 7) is 5.87. The highest BCUT2D eigenvalue weighted by molar-refractivity contribution is 4.89. The molecule has 0 rings (SSSR count). The molecule has 0 heterocycles. The molecule has 0 saturated carbocycles. The van der Waals surface area contributed by atoms with Crippen molar-refractivity contribution >= 4 is 0 Å². The lowest BCUT2D eigenvalue weighted by atomic mass is 10.2. The highest BCUT2D eigenvalue weighted by atomic mass is 16.5. The maximum atomic E-state index is 5.37. The van der Waals surface area contributed by atoms with Crippen LogP contribution in [0.2, 0.25) is 0 Å². The molecule has 2 heteroatoms. The monoisotopic (exact) mass is 157 g/mol. The van der Waals surface area contributed by atoms with Gasteiger partial charge in [0.25, 0.3) is 0 Å². The number of allylic oxidation sites excluding steroid dienone is 2. The van der Waals surface area contributed by atoms with Crippen LogP contribution in [-0.4, -0.2) is 20.2 Å². The minimum Gasteiger partial charge on any atom is -0.499 e. The summed E-state index contributed by atoms with van der Waals surface area (Å²) in [6, 6.07) is 0. The van der Waals surface area contributed by atoms with Crippen molar-refractivity contribution < 1.29 is 4.74 Å². The number of hydrogen-bond acceptors (Lipinski definition) is 2. The molecule has 0 atom stereocenters. The van der Waals surface area contributed by atoms with Crippen molar-refractivity contribution in [1.82, 2.24) is 5.32 Å². The van der Waals surface area contributed by atoms with Gasteiger partial charge >= 0.3 is 0 Å². The van der Waals surface area contributed by atoms with Crippen LogP contribution in [0.5, 0.6) is 0 Å². The fourth-order valence-electron chi connectivity index (χ4n) is 0.925. The Labute approximate surface area is 69.6 Å². The van der Waals surface area contributed by atoms with E-state index in [1.807, 2.05) is 27.0 Å². The Morgan fingerprint density at radius 1 is 1.55 bits per heavy atom. The molecule has 0 aliphatic rings. The molecule has 0 amide bonds. The first-order chi connectivity index (χ1) is 5.35. The minimum absolute atomic E-state index is 0.777. The highest BCUT2D eigenvalue weighted by Crippen LogP contribution is 2.05. The summed E-state index contributed by atoms with van der Waals surface area (Å²) >= 11 is 0. The summed E-state index contributed by atoms with van der Waals surface area (Å²) < 4.78 is 5.37. The van der Waals surface area contributed by atoms with Crippen molar-refractivity contribution in [3.63, 3.8) is 0 Å². The van der Waals surface area contributed by atoms with Gasteiger partial charge in [0.05, 0.1) is 12.4 Å². The van der Waals surface area contributed by atoms with Crippen molar-refractivity contribution in [3.8, 4) is 0 Å². The van der Waals surface area contributed by atoms with Crippen LogP contribution in [0.25, 0.3) is 0 Å². The molecule has 0 aromatic rings. The molecule has 0 bridgehead atoms. The molecule has 11 heavy (non-hydrogen) atoms. The second-order valence-corrected chi connectivity index (χ2v) is 2.40. The Kier molecular flexibility index (Phi) is 7.26. The van der Waals surface area contributed by atoms with Crippen LogP contribution in [0.15, 0.2) is 11.8 Å². The first-order valence-electron chi connectivity index (χ1n) is 4.27. The van der Waals surface area contributed by atoms with Crippen LogP contribution in [-0.2, 0) is 4.74 Å². The standard InChI is InChI=1S/C9H19NO/c1-4-9(11-5-2)7-6-8-10-3/h4,10H,5-8H2,1-3H3/b9-4-. The minimum atomic E-state index is 0.777. The van der Waals surface area contributed by atoms with Crippen LogP contribution < -0.4 is 5.32 Å². The van der Waals surface area contributed by atoms with Gasteiger partial charge in [0.15, 0.2) is 0 Å². The average Bonchev–Trinajstić information content (AvgIpc) is 2.03. The Morgan fingerprint density at radius 3 is 2.73 bits per heavy atom. The van der Waals surface area contributed by atoms with Gasteiger partial charge in [-0.15, -0.1) is 0 Å². The van der Waals surface area contributed by atoms with E-state index in [0.717, 1.165) is 31.8 Å². The quantitative estimate of drug-likeness (QED) is 0.470. The Balaban J connectivity index is 3.37. The Hall–Kier alpha value is -0.500. The smallest absolute Gasteiger partial charge is 0.0917 e. The van der Waals surface area contributed by atoms with Gasteiger partial charge in [-0.1, -0.05) is 0 Å². The molecular weight excluding hydrogens is 138 g/mol. The molecular formula is C9H19NO. The first kappa shape index (κ1) is 10.5. The van der Waals surface area contributed by atoms with E-state index in [-0.39, 0.29) is 0 Å². The highest BCUT2D eigenvalue weighted by Gasteiger charge is 1.94. The lowest BCUT2D eigenvalue weighted by molar-refractivity contribution is 0.216. The second kappa shape index (κ2) is 7.61. The molecule has 0 aromatic carbocycles. The summed E-state index contributed by atoms with van der Waals surface area (Å²) in [4.78, 5) is 0. The summed E-state index contributed by atoms with van der Waals surface area (Å²) in [5, 5.41) is 3.11. The molecule has 0 unspecified atom stereocenters. The maximum Gasteiger partial charge on any atom is 0.0917 e.